The molecule has 1 fully saturated rings. The number of hydrogen-bond acceptors (Lipinski definition) is 5. The van der Waals surface area contributed by atoms with E-state index in [1.165, 1.54) is 22.8 Å². The van der Waals surface area contributed by atoms with Crippen LogP contribution in [0, 0.1) is 11.7 Å². The number of halogens is 2. The molecule has 222 valence electrons. The summed E-state index contributed by atoms with van der Waals surface area (Å²) in [6, 6.07) is 9.92. The minimum absolute atomic E-state index is 0.0496. The zero-order valence-electron chi connectivity index (χ0n) is 23.7. The number of fused-ring (bicyclic) bond motifs is 3. The van der Waals surface area contributed by atoms with Crippen molar-refractivity contribution in [1.82, 2.24) is 4.57 Å². The van der Waals surface area contributed by atoms with E-state index >= 15 is 0 Å². The van der Waals surface area contributed by atoms with Crippen LogP contribution in [0.25, 0.3) is 11.1 Å². The number of pyridine rings is 1. The molecule has 42 heavy (non-hydrogen) atoms. The van der Waals surface area contributed by atoms with Crippen molar-refractivity contribution < 1.29 is 23.5 Å². The number of carbonyl (C=O) groups excluding carboxylic acids is 2. The molecule has 1 aromatic heterocycles. The van der Waals surface area contributed by atoms with E-state index in [1.54, 1.807) is 6.20 Å². The fourth-order valence-electron chi connectivity index (χ4n) is 5.69. The SMILES string of the molecule is CC(C)C1Cc2ccc(Cl)cc2-c2cc(=O)n(C(CC3CCCCO3)C(=O)Nc3ccc(C(N)=O)c(F)c3)cc2CO1. The molecule has 3 atom stereocenters. The van der Waals surface area contributed by atoms with Crippen molar-refractivity contribution >= 4 is 29.1 Å². The summed E-state index contributed by atoms with van der Waals surface area (Å²) < 4.78 is 28.1. The number of nitrogens with zero attached hydrogens (tertiary/aromatic N) is 1. The smallest absolute Gasteiger partial charge is 0.251 e. The molecule has 3 unspecified atom stereocenters. The Balaban J connectivity index is 1.55. The molecule has 8 nitrogen and oxygen atoms in total. The number of hydrogen-bond donors (Lipinski definition) is 2. The number of nitrogens with one attached hydrogen (secondary N) is 1. The topological polar surface area (TPSA) is 113 Å². The lowest BCUT2D eigenvalue weighted by Crippen LogP contribution is -2.37. The number of aromatic nitrogens is 1. The summed E-state index contributed by atoms with van der Waals surface area (Å²) in [6.07, 6.45) is 5.01. The van der Waals surface area contributed by atoms with E-state index in [-0.39, 0.29) is 48.0 Å². The molecule has 3 N–H and O–H groups in total. The number of benzene rings is 2. The molecule has 0 radical (unpaired) electrons. The zero-order chi connectivity index (χ0) is 30.0. The first-order chi connectivity index (χ1) is 20.1. The van der Waals surface area contributed by atoms with Gasteiger partial charge in [-0.25, -0.2) is 4.39 Å². The van der Waals surface area contributed by atoms with Gasteiger partial charge in [-0.3, -0.25) is 14.4 Å². The highest BCUT2D eigenvalue weighted by molar-refractivity contribution is 6.30. The van der Waals surface area contributed by atoms with Gasteiger partial charge in [0, 0.05) is 41.6 Å². The molecule has 2 aliphatic heterocycles. The Kier molecular flexibility index (Phi) is 9.11. The van der Waals surface area contributed by atoms with Crippen LogP contribution in [0.2, 0.25) is 5.02 Å². The molecule has 2 amide bonds. The molecule has 0 saturated carbocycles. The summed E-state index contributed by atoms with van der Waals surface area (Å²) in [4.78, 5) is 38.9. The predicted octanol–water partition coefficient (Wildman–Crippen LogP) is 5.64. The van der Waals surface area contributed by atoms with E-state index in [2.05, 4.69) is 19.2 Å². The number of rotatable bonds is 7. The van der Waals surface area contributed by atoms with E-state index in [0.717, 1.165) is 42.0 Å². The summed E-state index contributed by atoms with van der Waals surface area (Å²) in [5.74, 6) is -2.01. The largest absolute Gasteiger partial charge is 0.378 e. The zero-order valence-corrected chi connectivity index (χ0v) is 24.5. The van der Waals surface area contributed by atoms with Gasteiger partial charge in [0.15, 0.2) is 0 Å². The van der Waals surface area contributed by atoms with Gasteiger partial charge in [-0.1, -0.05) is 31.5 Å². The third-order valence-electron chi connectivity index (χ3n) is 8.04. The van der Waals surface area contributed by atoms with Crippen molar-refractivity contribution in [2.45, 2.75) is 70.8 Å². The third kappa shape index (κ3) is 6.59. The van der Waals surface area contributed by atoms with Crippen LogP contribution in [-0.4, -0.2) is 35.2 Å². The predicted molar refractivity (Wildman–Crippen MR) is 159 cm³/mol. The summed E-state index contributed by atoms with van der Waals surface area (Å²) in [5.41, 5.74) is 8.08. The third-order valence-corrected chi connectivity index (χ3v) is 8.28. The van der Waals surface area contributed by atoms with Gasteiger partial charge in [-0.15, -0.1) is 0 Å². The van der Waals surface area contributed by atoms with E-state index in [4.69, 9.17) is 26.8 Å². The van der Waals surface area contributed by atoms with Crippen LogP contribution in [-0.2, 0) is 27.3 Å². The van der Waals surface area contributed by atoms with Gasteiger partial charge >= 0.3 is 0 Å². The standard InChI is InChI=1S/C32H35ClFN3O5/c1-18(2)29-11-19-6-7-21(33)12-25(19)26-15-30(38)37(16-20(26)17-42-29)28(14-23-5-3-4-10-41-23)32(40)36-22-8-9-24(31(35)39)27(34)13-22/h6-9,12-13,15-16,18,23,28-29H,3-5,10-11,14,17H2,1-2H3,(H2,35,39)(H,36,40). The lowest BCUT2D eigenvalue weighted by molar-refractivity contribution is -0.121. The molecule has 2 aromatic carbocycles. The molecule has 1 saturated heterocycles. The molecule has 0 bridgehead atoms. The fraction of sp³-hybridized carbons (Fsp3) is 0.406. The minimum atomic E-state index is -0.949. The van der Waals surface area contributed by atoms with Crippen molar-refractivity contribution in [3.8, 4) is 11.1 Å². The van der Waals surface area contributed by atoms with Crippen molar-refractivity contribution in [3.05, 3.63) is 86.5 Å². The van der Waals surface area contributed by atoms with Gasteiger partial charge in [0.05, 0.1) is 24.4 Å². The van der Waals surface area contributed by atoms with E-state index in [9.17, 15) is 18.8 Å². The summed E-state index contributed by atoms with van der Waals surface area (Å²) in [6.45, 7) is 5.04. The van der Waals surface area contributed by atoms with Gasteiger partial charge in [-0.2, -0.15) is 0 Å². The maximum Gasteiger partial charge on any atom is 0.251 e. The molecule has 3 heterocycles. The van der Waals surface area contributed by atoms with Gasteiger partial charge < -0.3 is 25.1 Å². The van der Waals surface area contributed by atoms with Crippen LogP contribution in [0.5, 0.6) is 0 Å². The molecule has 5 rings (SSSR count). The Morgan fingerprint density at radius 2 is 1.88 bits per heavy atom. The van der Waals surface area contributed by atoms with Crippen LogP contribution in [0.1, 0.15) is 67.1 Å². The van der Waals surface area contributed by atoms with Gasteiger partial charge in [-0.05, 0) is 78.6 Å². The normalized spacial score (nSPS) is 19.3. The summed E-state index contributed by atoms with van der Waals surface area (Å²) >= 11 is 6.39. The Bertz CT molecular complexity index is 1550. The van der Waals surface area contributed by atoms with Crippen molar-refractivity contribution in [1.29, 1.82) is 0 Å². The maximum atomic E-state index is 14.5. The average molecular weight is 596 g/mol. The van der Waals surface area contributed by atoms with Gasteiger partial charge in [0.1, 0.15) is 11.9 Å². The Labute approximate surface area is 249 Å². The molecule has 0 spiro atoms. The molecule has 2 aliphatic rings. The first kappa shape index (κ1) is 29.9. The van der Waals surface area contributed by atoms with E-state index in [0.29, 0.717) is 23.6 Å². The summed E-state index contributed by atoms with van der Waals surface area (Å²) in [7, 11) is 0. The molecule has 10 heteroatoms. The highest BCUT2D eigenvalue weighted by Crippen LogP contribution is 2.35. The van der Waals surface area contributed by atoms with E-state index in [1.807, 2.05) is 18.2 Å². The van der Waals surface area contributed by atoms with Crippen LogP contribution < -0.4 is 16.6 Å². The molecule has 0 aliphatic carbocycles. The maximum absolute atomic E-state index is 14.5. The molecular formula is C32H35ClFN3O5. The van der Waals surface area contributed by atoms with Crippen LogP contribution >= 0.6 is 11.6 Å². The Morgan fingerprint density at radius 3 is 2.57 bits per heavy atom. The number of anilines is 1. The number of carbonyl (C=O) groups is 2. The van der Waals surface area contributed by atoms with Crippen molar-refractivity contribution in [2.24, 2.45) is 11.7 Å². The van der Waals surface area contributed by atoms with Crippen LogP contribution in [0.4, 0.5) is 10.1 Å². The van der Waals surface area contributed by atoms with E-state index < -0.39 is 23.7 Å². The van der Waals surface area contributed by atoms with Crippen molar-refractivity contribution in [3.63, 3.8) is 0 Å². The molecule has 3 aromatic rings. The lowest BCUT2D eigenvalue weighted by Gasteiger charge is -2.30. The first-order valence-electron chi connectivity index (χ1n) is 14.3. The van der Waals surface area contributed by atoms with Crippen LogP contribution in [0.3, 0.4) is 0 Å². The summed E-state index contributed by atoms with van der Waals surface area (Å²) in [5, 5.41) is 3.28. The fourth-order valence-corrected chi connectivity index (χ4v) is 5.86. The van der Waals surface area contributed by atoms with Gasteiger partial charge in [0.25, 0.3) is 11.5 Å². The number of nitrogens with two attached hydrogens (primary N) is 1. The number of primary amides is 1. The average Bonchev–Trinajstić information content (AvgIpc) is 2.94. The second kappa shape index (κ2) is 12.8. The molecular weight excluding hydrogens is 561 g/mol. The van der Waals surface area contributed by atoms with Gasteiger partial charge in [0.2, 0.25) is 5.91 Å². The second-order valence-electron chi connectivity index (χ2n) is 11.3. The second-order valence-corrected chi connectivity index (χ2v) is 11.8. The minimum Gasteiger partial charge on any atom is -0.378 e. The Morgan fingerprint density at radius 1 is 1.10 bits per heavy atom. The number of ether oxygens (including phenoxy) is 2. The first-order valence-corrected chi connectivity index (χ1v) is 14.7. The lowest BCUT2D eigenvalue weighted by atomic mass is 9.89. The quantitative estimate of drug-likeness (QED) is 0.367. The highest BCUT2D eigenvalue weighted by atomic mass is 35.5. The van der Waals surface area contributed by atoms with Crippen molar-refractivity contribution in [2.75, 3.05) is 11.9 Å². The monoisotopic (exact) mass is 595 g/mol. The van der Waals surface area contributed by atoms with Crippen LogP contribution in [0.15, 0.2) is 53.5 Å². The highest BCUT2D eigenvalue weighted by Gasteiger charge is 2.30. The number of amides is 2. The Hall–Kier alpha value is -3.53.